The molecule has 0 bridgehead atoms. The maximum Gasteiger partial charge on any atom is 0.359 e. The van der Waals surface area contributed by atoms with Crippen molar-refractivity contribution in [3.8, 4) is 5.75 Å². The number of nitro groups is 1. The summed E-state index contributed by atoms with van der Waals surface area (Å²) in [6.45, 7) is 3.34. The number of hydrogen-bond donors (Lipinski definition) is 0. The molecule has 4 unspecified atom stereocenters. The predicted octanol–water partition coefficient (Wildman–Crippen LogP) is 1.86. The maximum atomic E-state index is 15.7. The molecule has 0 spiro atoms. The van der Waals surface area contributed by atoms with E-state index >= 15 is 38.4 Å². The number of ether oxygens (including phenoxy) is 5. The molecule has 8 amide bonds. The van der Waals surface area contributed by atoms with Crippen molar-refractivity contribution in [2.75, 3.05) is 46.9 Å². The maximum absolute atomic E-state index is 15.7. The van der Waals surface area contributed by atoms with Crippen molar-refractivity contribution in [1.29, 1.82) is 0 Å². The van der Waals surface area contributed by atoms with E-state index < -0.39 is 121 Å². The van der Waals surface area contributed by atoms with Crippen molar-refractivity contribution in [3.63, 3.8) is 0 Å². The molecule has 7 heterocycles. The van der Waals surface area contributed by atoms with Gasteiger partial charge >= 0.3 is 48.0 Å². The third-order valence-corrected chi connectivity index (χ3v) is 13.6. The van der Waals surface area contributed by atoms with Crippen LogP contribution in [0.15, 0.2) is 24.3 Å². The number of nitro benzene ring substituents is 1. The Bertz CT molecular complexity index is 2570. The standard InChI is InChI=1S/C41H45N9O15/c1-8-62-30(51)38-40(32(53)64-10-3)46-20-48-36(57)44-18-26-27(29(61-7)13-12-28(26)50(59)60)19-45-37(58)49(41(48,33(54)65-11-4)39(44,45)31(52)63-9-2)21-47(40)35(56)43(38)17-25-15-23(6)22(5)14-24(25)16-42(38)34(46)55/h12-15H,8-11,16-21H2,1-7H3. The molecule has 0 radical (unpaired) electrons. The van der Waals surface area contributed by atoms with Crippen LogP contribution < -0.4 is 4.74 Å². The Morgan fingerprint density at radius 1 is 0.554 bits per heavy atom. The van der Waals surface area contributed by atoms with Gasteiger partial charge in [-0.15, -0.1) is 0 Å². The monoisotopic (exact) mass is 903 g/mol. The van der Waals surface area contributed by atoms with E-state index in [2.05, 4.69) is 0 Å². The van der Waals surface area contributed by atoms with Crippen LogP contribution in [0, 0.1) is 24.0 Å². The lowest BCUT2D eigenvalue weighted by molar-refractivity contribution is -0.385. The highest BCUT2D eigenvalue weighted by atomic mass is 16.6. The highest BCUT2D eigenvalue weighted by Crippen LogP contribution is 2.62. The average Bonchev–Trinajstić information content (AvgIpc) is 3.64. The molecule has 4 atom stereocenters. The SMILES string of the molecule is CCOC(=O)C12N3Cc4cc(C)c(C)cc4CN1C(=O)N1CN4C(=O)N5Cc6c([N+](=O)[O-])ccc(OC)c6CN6C(=O)N(CN(C3=O)C12C(=O)OCC)C4(C(=O)OCC)C65C(=O)OCC. The highest BCUT2D eigenvalue weighted by Gasteiger charge is 2.93. The van der Waals surface area contributed by atoms with E-state index in [1.165, 1.54) is 40.9 Å². The molecule has 0 N–H and O–H groups in total. The largest absolute Gasteiger partial charge is 0.496 e. The van der Waals surface area contributed by atoms with E-state index in [4.69, 9.17) is 23.7 Å². The van der Waals surface area contributed by atoms with Crippen LogP contribution in [-0.2, 0) is 64.3 Å². The Labute approximate surface area is 370 Å². The summed E-state index contributed by atoms with van der Waals surface area (Å²) in [6, 6.07) is 1.27. The molecule has 2 aromatic carbocycles. The van der Waals surface area contributed by atoms with Crippen LogP contribution in [0.3, 0.4) is 0 Å². The van der Waals surface area contributed by atoms with Gasteiger partial charge in [0.1, 0.15) is 19.1 Å². The highest BCUT2D eigenvalue weighted by molar-refractivity contribution is 6.13. The normalized spacial score (nSPS) is 26.8. The third kappa shape index (κ3) is 4.69. The molecule has 7 aliphatic rings. The molecular formula is C41H45N9O15. The number of amides is 8. The minimum absolute atomic E-state index is 0.00697. The van der Waals surface area contributed by atoms with Gasteiger partial charge in [-0.05, 0) is 69.9 Å². The van der Waals surface area contributed by atoms with Crippen LogP contribution in [-0.4, -0.2) is 162 Å². The molecule has 2 aromatic rings. The zero-order valence-corrected chi connectivity index (χ0v) is 36.5. The fourth-order valence-corrected chi connectivity index (χ4v) is 11.1. The number of carbonyl (C=O) groups excluding carboxylic acids is 8. The van der Waals surface area contributed by atoms with Gasteiger partial charge in [0, 0.05) is 11.6 Å². The van der Waals surface area contributed by atoms with E-state index in [1.807, 2.05) is 13.8 Å². The smallest absolute Gasteiger partial charge is 0.359 e. The van der Waals surface area contributed by atoms with Gasteiger partial charge in [-0.2, -0.15) is 0 Å². The summed E-state index contributed by atoms with van der Waals surface area (Å²) >= 11 is 0. The molecule has 5 fully saturated rings. The molecule has 0 aliphatic carbocycles. The van der Waals surface area contributed by atoms with E-state index in [0.29, 0.717) is 20.9 Å². The van der Waals surface area contributed by atoms with E-state index in [0.717, 1.165) is 46.6 Å². The van der Waals surface area contributed by atoms with Gasteiger partial charge < -0.3 is 23.7 Å². The Kier molecular flexibility index (Phi) is 9.44. The van der Waals surface area contributed by atoms with Gasteiger partial charge in [0.05, 0.1) is 70.2 Å². The second kappa shape index (κ2) is 14.3. The summed E-state index contributed by atoms with van der Waals surface area (Å²) in [7, 11) is 1.27. The van der Waals surface area contributed by atoms with E-state index in [-0.39, 0.29) is 43.2 Å². The number of urea groups is 4. The van der Waals surface area contributed by atoms with Crippen LogP contribution >= 0.6 is 0 Å². The van der Waals surface area contributed by atoms with Crippen LogP contribution in [0.1, 0.15) is 61.1 Å². The summed E-state index contributed by atoms with van der Waals surface area (Å²) in [5, 5.41) is 12.6. The fraction of sp³-hybridized carbons (Fsp3) is 0.512. The van der Waals surface area contributed by atoms with Crippen molar-refractivity contribution in [1.82, 2.24) is 39.2 Å². The first-order valence-electron chi connectivity index (χ1n) is 21.0. The quantitative estimate of drug-likeness (QED) is 0.143. The summed E-state index contributed by atoms with van der Waals surface area (Å²) in [5.41, 5.74) is -9.67. The lowest BCUT2D eigenvalue weighted by Gasteiger charge is -2.51. The lowest BCUT2D eigenvalue weighted by Crippen LogP contribution is -2.81. The van der Waals surface area contributed by atoms with Gasteiger partial charge in [0.2, 0.25) is 0 Å². The summed E-state index contributed by atoms with van der Waals surface area (Å²) in [5.74, 6) is -5.29. The second-order valence-corrected chi connectivity index (χ2v) is 16.2. The molecule has 344 valence electrons. The summed E-state index contributed by atoms with van der Waals surface area (Å²) in [6.07, 6.45) is 0. The van der Waals surface area contributed by atoms with Crippen LogP contribution in [0.5, 0.6) is 5.75 Å². The first-order valence-corrected chi connectivity index (χ1v) is 21.0. The van der Waals surface area contributed by atoms with Gasteiger partial charge in [-0.1, -0.05) is 12.1 Å². The topological polar surface area (TPSA) is 252 Å². The van der Waals surface area contributed by atoms with Gasteiger partial charge in [-0.25, -0.2) is 38.4 Å². The first kappa shape index (κ1) is 42.9. The van der Waals surface area contributed by atoms with Gasteiger partial charge in [0.15, 0.2) is 0 Å². The van der Waals surface area contributed by atoms with Crippen LogP contribution in [0.25, 0.3) is 0 Å². The fourth-order valence-electron chi connectivity index (χ4n) is 11.1. The molecule has 9 rings (SSSR count). The Hall–Kier alpha value is -7.40. The van der Waals surface area contributed by atoms with Crippen molar-refractivity contribution in [2.45, 2.75) is 90.4 Å². The number of carbonyl (C=O) groups is 8. The van der Waals surface area contributed by atoms with Crippen molar-refractivity contribution >= 4 is 53.7 Å². The number of hydrogen-bond acceptors (Lipinski definition) is 15. The molecular weight excluding hydrogens is 858 g/mol. The Morgan fingerprint density at radius 2 is 0.877 bits per heavy atom. The average molecular weight is 904 g/mol. The summed E-state index contributed by atoms with van der Waals surface area (Å²) < 4.78 is 28.4. The predicted molar refractivity (Wildman–Crippen MR) is 214 cm³/mol. The molecule has 24 nitrogen and oxygen atoms in total. The number of methoxy groups -OCH3 is 1. The minimum atomic E-state index is -3.03. The number of nitrogens with zero attached hydrogens (tertiary/aromatic N) is 9. The number of esters is 4. The first-order chi connectivity index (χ1) is 31.0. The molecule has 0 aromatic heterocycles. The van der Waals surface area contributed by atoms with Crippen molar-refractivity contribution < 1.29 is 67.0 Å². The summed E-state index contributed by atoms with van der Waals surface area (Å²) in [4.78, 5) is 142. The lowest BCUT2D eigenvalue weighted by atomic mass is 9.88. The zero-order chi connectivity index (χ0) is 46.9. The van der Waals surface area contributed by atoms with Crippen molar-refractivity contribution in [3.05, 3.63) is 67.8 Å². The van der Waals surface area contributed by atoms with Crippen LogP contribution in [0.2, 0.25) is 0 Å². The Morgan fingerprint density at radius 3 is 1.20 bits per heavy atom. The molecule has 7 aliphatic heterocycles. The molecule has 24 heteroatoms. The Balaban J connectivity index is 1.39. The van der Waals surface area contributed by atoms with Gasteiger partial charge in [0.25, 0.3) is 28.3 Å². The number of aryl methyl sites for hydroxylation is 2. The minimum Gasteiger partial charge on any atom is -0.496 e. The number of fused-ring (bicyclic) bond motifs is 2. The molecule has 65 heavy (non-hydrogen) atoms. The zero-order valence-electron chi connectivity index (χ0n) is 36.5. The number of rotatable bonds is 10. The van der Waals surface area contributed by atoms with Crippen LogP contribution in [0.4, 0.5) is 24.9 Å². The van der Waals surface area contributed by atoms with Crippen molar-refractivity contribution in [2.24, 2.45) is 0 Å². The molecule has 0 saturated carbocycles. The second-order valence-electron chi connectivity index (χ2n) is 16.2. The molecule has 5 saturated heterocycles. The van der Waals surface area contributed by atoms with E-state index in [1.54, 1.807) is 12.1 Å². The third-order valence-electron chi connectivity index (χ3n) is 13.6. The van der Waals surface area contributed by atoms with Gasteiger partial charge in [-0.3, -0.25) is 49.3 Å². The number of benzene rings is 2. The van der Waals surface area contributed by atoms with E-state index in [9.17, 15) is 10.1 Å².